The van der Waals surface area contributed by atoms with Gasteiger partial charge in [0.2, 0.25) is 11.0 Å². The molecule has 4 rings (SSSR count). The molecule has 1 saturated heterocycles. The molecule has 2 heterocycles. The predicted molar refractivity (Wildman–Crippen MR) is 114 cm³/mol. The number of aromatic nitrogens is 1. The maximum atomic E-state index is 13.4. The largest absolute Gasteiger partial charge is 0.444 e. The zero-order chi connectivity index (χ0) is 24.5. The van der Waals surface area contributed by atoms with Crippen molar-refractivity contribution in [1.82, 2.24) is 10.3 Å². The Kier molecular flexibility index (Phi) is 6.51. The zero-order valence-electron chi connectivity index (χ0n) is 17.2. The first-order valence-electron chi connectivity index (χ1n) is 9.97. The Morgan fingerprint density at radius 1 is 1.09 bits per heavy atom. The van der Waals surface area contributed by atoms with E-state index in [1.807, 2.05) is 0 Å². The lowest BCUT2D eigenvalue weighted by Gasteiger charge is -2.14. The molecule has 12 heteroatoms. The summed E-state index contributed by atoms with van der Waals surface area (Å²) in [6.07, 6.45) is -6.27. The van der Waals surface area contributed by atoms with Crippen LogP contribution in [0.1, 0.15) is 12.8 Å². The lowest BCUT2D eigenvalue weighted by molar-refractivity contribution is -0.154. The number of thiazole rings is 1. The average molecular weight is 497 g/mol. The van der Waals surface area contributed by atoms with Gasteiger partial charge in [-0.3, -0.25) is 14.5 Å². The Morgan fingerprint density at radius 2 is 1.71 bits per heavy atom. The third-order valence-corrected chi connectivity index (χ3v) is 5.82. The van der Waals surface area contributed by atoms with E-state index in [1.165, 1.54) is 53.4 Å². The topological polar surface area (TPSA) is 71.5 Å². The van der Waals surface area contributed by atoms with Crippen LogP contribution < -0.4 is 15.0 Å². The van der Waals surface area contributed by atoms with Crippen LogP contribution in [0.25, 0.3) is 11.3 Å². The summed E-state index contributed by atoms with van der Waals surface area (Å²) in [5, 5.41) is 2.54. The Balaban J connectivity index is 1.59. The predicted octanol–water partition coefficient (Wildman–Crippen LogP) is 5.05. The van der Waals surface area contributed by atoms with E-state index in [9.17, 15) is 31.5 Å². The highest BCUT2D eigenvalue weighted by Crippen LogP contribution is 2.42. The number of ether oxygens (including phenoxy) is 1. The minimum absolute atomic E-state index is 0.0993. The molecule has 1 aliphatic heterocycles. The van der Waals surface area contributed by atoms with Crippen LogP contribution in [0.4, 0.5) is 27.1 Å². The standard InChI is InChI=1S/C22H16F5N3O3S/c23-13-3-1-12(2-4-13)18-20(33-15-7-5-14(24)6-8-15)34-21(29-18)30-10-9-16(19(30)32)28-17(31)11-22(25,26)27/h1-8,16H,9-11H2,(H,28,31). The molecular formula is C22H16F5N3O3S. The molecule has 1 atom stereocenters. The van der Waals surface area contributed by atoms with Crippen LogP contribution in [0.2, 0.25) is 0 Å². The summed E-state index contributed by atoms with van der Waals surface area (Å²) in [6.45, 7) is 0.113. The quantitative estimate of drug-likeness (QED) is 0.484. The molecule has 1 aliphatic rings. The third kappa shape index (κ3) is 5.50. The molecule has 34 heavy (non-hydrogen) atoms. The fourth-order valence-corrected chi connectivity index (χ4v) is 4.30. The van der Waals surface area contributed by atoms with Crippen LogP contribution in [0.15, 0.2) is 48.5 Å². The van der Waals surface area contributed by atoms with Gasteiger partial charge in [-0.1, -0.05) is 11.3 Å². The minimum Gasteiger partial charge on any atom is -0.444 e. The second-order valence-corrected chi connectivity index (χ2v) is 8.33. The number of nitrogens with one attached hydrogen (secondary N) is 1. The first kappa shape index (κ1) is 23.6. The molecular weight excluding hydrogens is 481 g/mol. The molecule has 0 saturated carbocycles. The van der Waals surface area contributed by atoms with Gasteiger partial charge < -0.3 is 10.1 Å². The fraction of sp³-hybridized carbons (Fsp3) is 0.227. The number of rotatable bonds is 6. The van der Waals surface area contributed by atoms with Crippen LogP contribution >= 0.6 is 11.3 Å². The van der Waals surface area contributed by atoms with Crippen molar-refractivity contribution in [2.24, 2.45) is 0 Å². The van der Waals surface area contributed by atoms with Gasteiger partial charge in [-0.25, -0.2) is 13.8 Å². The molecule has 178 valence electrons. The molecule has 1 fully saturated rings. The fourth-order valence-electron chi connectivity index (χ4n) is 3.31. The number of nitrogens with zero attached hydrogens (tertiary/aromatic N) is 2. The highest BCUT2D eigenvalue weighted by Gasteiger charge is 2.38. The molecule has 0 bridgehead atoms. The number of halogens is 5. The highest BCUT2D eigenvalue weighted by molar-refractivity contribution is 7.18. The van der Waals surface area contributed by atoms with Gasteiger partial charge in [-0.2, -0.15) is 13.2 Å². The van der Waals surface area contributed by atoms with E-state index in [-0.39, 0.29) is 23.2 Å². The van der Waals surface area contributed by atoms with Crippen molar-refractivity contribution in [1.29, 1.82) is 0 Å². The molecule has 1 N–H and O–H groups in total. The normalized spacial score (nSPS) is 16.1. The second-order valence-electron chi connectivity index (χ2n) is 7.39. The van der Waals surface area contributed by atoms with E-state index < -0.39 is 42.1 Å². The van der Waals surface area contributed by atoms with Gasteiger partial charge in [0, 0.05) is 12.1 Å². The van der Waals surface area contributed by atoms with Crippen LogP contribution in [0.5, 0.6) is 10.8 Å². The summed E-state index contributed by atoms with van der Waals surface area (Å²) in [7, 11) is 0. The number of hydrogen-bond acceptors (Lipinski definition) is 5. The van der Waals surface area contributed by atoms with Gasteiger partial charge in [-0.05, 0) is 55.0 Å². The van der Waals surface area contributed by atoms with E-state index >= 15 is 0 Å². The molecule has 6 nitrogen and oxygen atoms in total. The van der Waals surface area contributed by atoms with E-state index in [4.69, 9.17) is 4.74 Å². The Morgan fingerprint density at radius 3 is 2.32 bits per heavy atom. The number of amides is 2. The molecule has 2 aromatic carbocycles. The zero-order valence-corrected chi connectivity index (χ0v) is 18.1. The summed E-state index contributed by atoms with van der Waals surface area (Å²) in [5.74, 6) is -2.53. The molecule has 0 spiro atoms. The van der Waals surface area contributed by atoms with E-state index in [2.05, 4.69) is 10.3 Å². The van der Waals surface area contributed by atoms with Crippen molar-refractivity contribution in [3.05, 3.63) is 60.2 Å². The lowest BCUT2D eigenvalue weighted by Crippen LogP contribution is -2.42. The third-order valence-electron chi connectivity index (χ3n) is 4.86. The van der Waals surface area contributed by atoms with Crippen LogP contribution in [0, 0.1) is 11.6 Å². The molecule has 1 aromatic heterocycles. The molecule has 0 aliphatic carbocycles. The summed E-state index contributed by atoms with van der Waals surface area (Å²) in [6, 6.07) is 9.48. The van der Waals surface area contributed by atoms with Gasteiger partial charge in [0.05, 0.1) is 0 Å². The van der Waals surface area contributed by atoms with E-state index in [1.54, 1.807) is 0 Å². The summed E-state index contributed by atoms with van der Waals surface area (Å²) in [4.78, 5) is 30.1. The van der Waals surface area contributed by atoms with Gasteiger partial charge in [0.1, 0.15) is 35.5 Å². The number of alkyl halides is 3. The van der Waals surface area contributed by atoms with Gasteiger partial charge in [-0.15, -0.1) is 0 Å². The van der Waals surface area contributed by atoms with Crippen molar-refractivity contribution >= 4 is 28.3 Å². The molecule has 0 radical (unpaired) electrons. The maximum Gasteiger partial charge on any atom is 0.397 e. The molecule has 1 unspecified atom stereocenters. The van der Waals surface area contributed by atoms with Crippen molar-refractivity contribution in [2.75, 3.05) is 11.4 Å². The van der Waals surface area contributed by atoms with Gasteiger partial charge >= 0.3 is 6.18 Å². The first-order valence-corrected chi connectivity index (χ1v) is 10.8. The van der Waals surface area contributed by atoms with E-state index in [0.29, 0.717) is 17.0 Å². The number of benzene rings is 2. The summed E-state index contributed by atoms with van der Waals surface area (Å²) < 4.78 is 69.8. The van der Waals surface area contributed by atoms with Crippen molar-refractivity contribution < 1.29 is 36.3 Å². The first-order chi connectivity index (χ1) is 16.1. The SMILES string of the molecule is O=C(CC(F)(F)F)NC1CCN(c2nc(-c3ccc(F)cc3)c(Oc3ccc(F)cc3)s2)C1=O. The summed E-state index contributed by atoms with van der Waals surface area (Å²) in [5.41, 5.74) is 0.782. The Labute approximate surface area is 194 Å². The van der Waals surface area contributed by atoms with Crippen LogP contribution in [0.3, 0.4) is 0 Å². The number of anilines is 1. The molecule has 3 aromatic rings. The van der Waals surface area contributed by atoms with Gasteiger partial charge in [0.15, 0.2) is 5.13 Å². The summed E-state index contributed by atoms with van der Waals surface area (Å²) >= 11 is 0.981. The number of carbonyl (C=O) groups excluding carboxylic acids is 2. The molecule has 2 amide bonds. The lowest BCUT2D eigenvalue weighted by atomic mass is 10.2. The smallest absolute Gasteiger partial charge is 0.397 e. The number of carbonyl (C=O) groups is 2. The van der Waals surface area contributed by atoms with Crippen molar-refractivity contribution in [3.63, 3.8) is 0 Å². The monoisotopic (exact) mass is 497 g/mol. The van der Waals surface area contributed by atoms with Crippen molar-refractivity contribution in [2.45, 2.75) is 25.1 Å². The van der Waals surface area contributed by atoms with Crippen LogP contribution in [-0.2, 0) is 9.59 Å². The second kappa shape index (κ2) is 9.37. The van der Waals surface area contributed by atoms with Crippen molar-refractivity contribution in [3.8, 4) is 22.1 Å². The maximum absolute atomic E-state index is 13.4. The van der Waals surface area contributed by atoms with E-state index in [0.717, 1.165) is 11.3 Å². The average Bonchev–Trinajstić information content (AvgIpc) is 3.32. The highest BCUT2D eigenvalue weighted by atomic mass is 32.1. The number of hydrogen-bond donors (Lipinski definition) is 1. The minimum atomic E-state index is -4.68. The Bertz CT molecular complexity index is 1200. The van der Waals surface area contributed by atoms with Crippen LogP contribution in [-0.4, -0.2) is 35.6 Å². The Hall–Kier alpha value is -3.54. The van der Waals surface area contributed by atoms with Gasteiger partial charge in [0.25, 0.3) is 5.91 Å².